The van der Waals surface area contributed by atoms with E-state index in [1.54, 1.807) is 4.90 Å². The van der Waals surface area contributed by atoms with E-state index >= 15 is 0 Å². The molecule has 0 saturated heterocycles. The molecule has 5 nitrogen and oxygen atoms in total. The Morgan fingerprint density at radius 3 is 2.38 bits per heavy atom. The van der Waals surface area contributed by atoms with Crippen LogP contribution in [0.5, 0.6) is 0 Å². The third kappa shape index (κ3) is 2.81. The molecule has 90 valence electrons. The molecule has 7 heteroatoms. The molecule has 0 bridgehead atoms. The molecule has 0 radical (unpaired) electrons. The Kier molecular flexibility index (Phi) is 4.06. The monoisotopic (exact) mass is 262 g/mol. The molecule has 1 aromatic rings. The molecular weight excluding hydrogens is 248 g/mol. The van der Waals surface area contributed by atoms with Gasteiger partial charge in [-0.15, -0.1) is 11.3 Å². The minimum absolute atomic E-state index is 0.0167. The topological polar surface area (TPSA) is 80.5 Å². The van der Waals surface area contributed by atoms with E-state index in [1.807, 2.05) is 13.8 Å². The molecule has 1 amide bonds. The normalized spacial score (nSPS) is 11.4. The van der Waals surface area contributed by atoms with Crippen LogP contribution in [-0.4, -0.2) is 32.3 Å². The molecule has 1 heterocycles. The molecule has 0 saturated carbocycles. The van der Waals surface area contributed by atoms with Crippen molar-refractivity contribution in [2.75, 3.05) is 13.1 Å². The number of hydrogen-bond donors (Lipinski definition) is 1. The fourth-order valence-corrected chi connectivity index (χ4v) is 2.85. The van der Waals surface area contributed by atoms with Crippen LogP contribution in [0.3, 0.4) is 0 Å². The maximum Gasteiger partial charge on any atom is 0.254 e. The van der Waals surface area contributed by atoms with Crippen LogP contribution in [0.4, 0.5) is 0 Å². The van der Waals surface area contributed by atoms with Gasteiger partial charge in [0, 0.05) is 18.5 Å². The Morgan fingerprint density at radius 2 is 2.00 bits per heavy atom. The number of sulfonamides is 1. The third-order valence-electron chi connectivity index (χ3n) is 2.15. The zero-order chi connectivity index (χ0) is 12.3. The van der Waals surface area contributed by atoms with Crippen LogP contribution >= 0.6 is 11.3 Å². The van der Waals surface area contributed by atoms with Gasteiger partial charge in [0.15, 0.2) is 0 Å². The van der Waals surface area contributed by atoms with E-state index in [9.17, 15) is 13.2 Å². The molecule has 0 unspecified atom stereocenters. The lowest BCUT2D eigenvalue weighted by Crippen LogP contribution is -2.30. The Balaban J connectivity index is 2.99. The molecule has 16 heavy (non-hydrogen) atoms. The molecule has 1 aromatic heterocycles. The van der Waals surface area contributed by atoms with Crippen molar-refractivity contribution in [3.05, 3.63) is 17.0 Å². The van der Waals surface area contributed by atoms with E-state index < -0.39 is 10.0 Å². The molecule has 0 aromatic carbocycles. The number of thiophene rings is 1. The van der Waals surface area contributed by atoms with Crippen LogP contribution in [0.2, 0.25) is 0 Å². The maximum absolute atomic E-state index is 11.8. The Labute approximate surface area is 98.9 Å². The molecule has 2 N–H and O–H groups in total. The first-order valence-electron chi connectivity index (χ1n) is 4.80. The van der Waals surface area contributed by atoms with Crippen molar-refractivity contribution < 1.29 is 13.2 Å². The summed E-state index contributed by atoms with van der Waals surface area (Å²) >= 11 is 0.963. The van der Waals surface area contributed by atoms with Crippen molar-refractivity contribution in [2.24, 2.45) is 5.14 Å². The summed E-state index contributed by atoms with van der Waals surface area (Å²) in [4.78, 5) is 13.5. The Hall–Kier alpha value is -0.920. The first-order chi connectivity index (χ1) is 7.40. The van der Waals surface area contributed by atoms with Crippen LogP contribution in [-0.2, 0) is 10.0 Å². The summed E-state index contributed by atoms with van der Waals surface area (Å²) in [6, 6.07) is 1.32. The van der Waals surface area contributed by atoms with Gasteiger partial charge in [0.2, 0.25) is 10.0 Å². The number of nitrogens with zero attached hydrogens (tertiary/aromatic N) is 1. The highest BCUT2D eigenvalue weighted by Crippen LogP contribution is 2.19. The molecule has 0 aliphatic carbocycles. The number of hydrogen-bond acceptors (Lipinski definition) is 4. The molecule has 0 fully saturated rings. The van der Waals surface area contributed by atoms with Crippen LogP contribution < -0.4 is 5.14 Å². The first-order valence-corrected chi connectivity index (χ1v) is 7.23. The standard InChI is InChI=1S/C9H14N2O3S2/c1-3-11(4-2)9(12)7-5-8(15-6-7)16(10,13)14/h5-6H,3-4H2,1-2H3,(H2,10,13,14). The first kappa shape index (κ1) is 13.1. The SMILES string of the molecule is CCN(CC)C(=O)c1csc(S(N)(=O)=O)c1. The van der Waals surface area contributed by atoms with Gasteiger partial charge in [0.25, 0.3) is 5.91 Å². The van der Waals surface area contributed by atoms with Gasteiger partial charge in [0.1, 0.15) is 4.21 Å². The minimum atomic E-state index is -3.71. The number of carbonyl (C=O) groups excluding carboxylic acids is 1. The van der Waals surface area contributed by atoms with E-state index in [-0.39, 0.29) is 10.1 Å². The largest absolute Gasteiger partial charge is 0.339 e. The van der Waals surface area contributed by atoms with Gasteiger partial charge in [-0.25, -0.2) is 13.6 Å². The number of nitrogens with two attached hydrogens (primary N) is 1. The molecule has 1 rings (SSSR count). The third-order valence-corrected chi connectivity index (χ3v) is 4.54. The van der Waals surface area contributed by atoms with E-state index in [1.165, 1.54) is 11.4 Å². The van der Waals surface area contributed by atoms with Crippen molar-refractivity contribution >= 4 is 27.3 Å². The summed E-state index contributed by atoms with van der Waals surface area (Å²) < 4.78 is 22.1. The number of primary sulfonamides is 1. The predicted molar refractivity (Wildman–Crippen MR) is 62.9 cm³/mol. The summed E-state index contributed by atoms with van der Waals surface area (Å²) in [5.41, 5.74) is 0.373. The Bertz CT molecular complexity index is 475. The second-order valence-electron chi connectivity index (χ2n) is 3.18. The van der Waals surface area contributed by atoms with Crippen molar-refractivity contribution in [2.45, 2.75) is 18.1 Å². The van der Waals surface area contributed by atoms with Gasteiger partial charge in [-0.3, -0.25) is 4.79 Å². The van der Waals surface area contributed by atoms with Crippen molar-refractivity contribution in [1.82, 2.24) is 4.90 Å². The van der Waals surface area contributed by atoms with Crippen molar-refractivity contribution in [3.63, 3.8) is 0 Å². The lowest BCUT2D eigenvalue weighted by Gasteiger charge is -2.17. The zero-order valence-electron chi connectivity index (χ0n) is 9.13. The quantitative estimate of drug-likeness (QED) is 0.874. The maximum atomic E-state index is 11.8. The van der Waals surface area contributed by atoms with Gasteiger partial charge in [0.05, 0.1) is 5.56 Å². The highest BCUT2D eigenvalue weighted by atomic mass is 32.2. The average Bonchev–Trinajstić information content (AvgIpc) is 2.67. The lowest BCUT2D eigenvalue weighted by atomic mass is 10.3. The van der Waals surface area contributed by atoms with Crippen LogP contribution in [0.1, 0.15) is 24.2 Å². The van der Waals surface area contributed by atoms with Gasteiger partial charge >= 0.3 is 0 Å². The second-order valence-corrected chi connectivity index (χ2v) is 5.88. The molecule has 0 spiro atoms. The summed E-state index contributed by atoms with van der Waals surface area (Å²) in [6.45, 7) is 4.93. The number of rotatable bonds is 4. The van der Waals surface area contributed by atoms with Crippen molar-refractivity contribution in [3.8, 4) is 0 Å². The van der Waals surface area contributed by atoms with Crippen LogP contribution in [0.15, 0.2) is 15.7 Å². The van der Waals surface area contributed by atoms with Crippen molar-refractivity contribution in [1.29, 1.82) is 0 Å². The second kappa shape index (κ2) is 4.94. The highest BCUT2D eigenvalue weighted by molar-refractivity contribution is 7.91. The summed E-state index contributed by atoms with van der Waals surface area (Å²) in [5, 5.41) is 6.48. The summed E-state index contributed by atoms with van der Waals surface area (Å²) in [6.07, 6.45) is 0. The highest BCUT2D eigenvalue weighted by Gasteiger charge is 2.18. The summed E-state index contributed by atoms with van der Waals surface area (Å²) in [7, 11) is -3.71. The molecular formula is C9H14N2O3S2. The van der Waals surface area contributed by atoms with Gasteiger partial charge in [-0.1, -0.05) is 0 Å². The fraction of sp³-hybridized carbons (Fsp3) is 0.444. The molecule has 0 aliphatic rings. The van der Waals surface area contributed by atoms with E-state index in [4.69, 9.17) is 5.14 Å². The van der Waals surface area contributed by atoms with Gasteiger partial charge in [-0.2, -0.15) is 0 Å². The van der Waals surface area contributed by atoms with E-state index in [0.29, 0.717) is 18.7 Å². The molecule has 0 aliphatic heterocycles. The Morgan fingerprint density at radius 1 is 1.44 bits per heavy atom. The molecule has 0 atom stereocenters. The van der Waals surface area contributed by atoms with Gasteiger partial charge in [-0.05, 0) is 19.9 Å². The average molecular weight is 262 g/mol. The number of carbonyl (C=O) groups is 1. The number of amides is 1. The minimum Gasteiger partial charge on any atom is -0.339 e. The smallest absolute Gasteiger partial charge is 0.254 e. The lowest BCUT2D eigenvalue weighted by molar-refractivity contribution is 0.0773. The fourth-order valence-electron chi connectivity index (χ4n) is 1.27. The van der Waals surface area contributed by atoms with E-state index in [0.717, 1.165) is 11.3 Å². The summed E-state index contributed by atoms with van der Waals surface area (Å²) in [5.74, 6) is -0.170. The van der Waals surface area contributed by atoms with Crippen LogP contribution in [0.25, 0.3) is 0 Å². The van der Waals surface area contributed by atoms with E-state index in [2.05, 4.69) is 0 Å². The zero-order valence-corrected chi connectivity index (χ0v) is 10.8. The predicted octanol–water partition coefficient (Wildman–Crippen LogP) is 0.878. The van der Waals surface area contributed by atoms with Gasteiger partial charge < -0.3 is 4.90 Å². The van der Waals surface area contributed by atoms with Crippen LogP contribution in [0, 0.1) is 0 Å².